The summed E-state index contributed by atoms with van der Waals surface area (Å²) in [6, 6.07) is 9.48. The average Bonchev–Trinajstić information content (AvgIpc) is 3.17. The van der Waals surface area contributed by atoms with Gasteiger partial charge in [0.1, 0.15) is 0 Å². The van der Waals surface area contributed by atoms with Crippen LogP contribution in [0.2, 0.25) is 0 Å². The summed E-state index contributed by atoms with van der Waals surface area (Å²) in [7, 11) is 3.73. The van der Waals surface area contributed by atoms with Crippen LogP contribution in [-0.4, -0.2) is 30.5 Å². The summed E-state index contributed by atoms with van der Waals surface area (Å²) < 4.78 is 3.52. The Hall–Kier alpha value is -3.48. The Labute approximate surface area is 156 Å². The normalized spacial score (nSPS) is 11.1. The van der Waals surface area contributed by atoms with Gasteiger partial charge in [0, 0.05) is 30.7 Å². The number of pyridine rings is 1. The van der Waals surface area contributed by atoms with Crippen LogP contribution in [0.25, 0.3) is 22.2 Å². The van der Waals surface area contributed by atoms with Crippen molar-refractivity contribution in [2.75, 3.05) is 5.32 Å². The van der Waals surface area contributed by atoms with Crippen molar-refractivity contribution < 1.29 is 4.79 Å². The fraction of sp³-hybridized carbons (Fsp3) is 0.200. The van der Waals surface area contributed by atoms with E-state index in [1.54, 1.807) is 21.8 Å². The molecule has 0 fully saturated rings. The van der Waals surface area contributed by atoms with Crippen LogP contribution in [0.1, 0.15) is 21.7 Å². The molecule has 0 atom stereocenters. The first kappa shape index (κ1) is 17.0. The summed E-state index contributed by atoms with van der Waals surface area (Å²) in [4.78, 5) is 17.8. The molecule has 3 aromatic heterocycles. The molecule has 0 spiro atoms. The lowest BCUT2D eigenvalue weighted by atomic mass is 10.0. The van der Waals surface area contributed by atoms with Crippen LogP contribution in [0.4, 0.5) is 5.69 Å². The average molecular weight is 360 g/mol. The number of aryl methyl sites for hydroxylation is 2. The summed E-state index contributed by atoms with van der Waals surface area (Å²) in [5.74, 6) is -0.188. The Balaban J connectivity index is 1.84. The maximum Gasteiger partial charge on any atom is 0.256 e. The molecule has 7 heteroatoms. The molecular weight excluding hydrogens is 340 g/mol. The molecule has 7 nitrogen and oxygen atoms in total. The van der Waals surface area contributed by atoms with Crippen molar-refractivity contribution in [2.24, 2.45) is 14.1 Å². The highest BCUT2D eigenvalue weighted by Gasteiger charge is 2.17. The molecule has 0 saturated heterocycles. The van der Waals surface area contributed by atoms with Gasteiger partial charge >= 0.3 is 0 Å². The summed E-state index contributed by atoms with van der Waals surface area (Å²) in [5, 5.41) is 12.3. The first-order chi connectivity index (χ1) is 13.0. The van der Waals surface area contributed by atoms with Crippen molar-refractivity contribution in [3.05, 3.63) is 59.7 Å². The minimum Gasteiger partial charge on any atom is -0.319 e. The van der Waals surface area contributed by atoms with E-state index in [1.807, 2.05) is 58.3 Å². The van der Waals surface area contributed by atoms with E-state index in [0.717, 1.165) is 33.5 Å². The van der Waals surface area contributed by atoms with E-state index >= 15 is 0 Å². The number of anilines is 1. The molecule has 0 radical (unpaired) electrons. The van der Waals surface area contributed by atoms with Gasteiger partial charge in [-0.2, -0.15) is 10.2 Å². The van der Waals surface area contributed by atoms with Crippen molar-refractivity contribution in [3.63, 3.8) is 0 Å². The zero-order chi connectivity index (χ0) is 19.1. The van der Waals surface area contributed by atoms with Crippen molar-refractivity contribution in [1.82, 2.24) is 24.5 Å². The summed E-state index contributed by atoms with van der Waals surface area (Å²) in [6.07, 6.45) is 3.43. The molecule has 1 aromatic carbocycles. The predicted octanol–water partition coefficient (Wildman–Crippen LogP) is 3.24. The molecule has 0 saturated carbocycles. The SMILES string of the molecule is Cc1c(NC(=O)c2cc(-c3cnn(C)c3C)nc3ccccc23)cnn1C. The number of carbonyl (C=O) groups is 1. The molecule has 1 amide bonds. The maximum atomic E-state index is 13.1. The summed E-state index contributed by atoms with van der Waals surface area (Å²) >= 11 is 0. The second-order valence-corrected chi connectivity index (χ2v) is 6.56. The van der Waals surface area contributed by atoms with E-state index < -0.39 is 0 Å². The Morgan fingerprint density at radius 2 is 1.70 bits per heavy atom. The number of carbonyl (C=O) groups excluding carboxylic acids is 1. The molecule has 4 aromatic rings. The Morgan fingerprint density at radius 3 is 2.37 bits per heavy atom. The quantitative estimate of drug-likeness (QED) is 0.608. The number of amides is 1. The second-order valence-electron chi connectivity index (χ2n) is 6.56. The highest BCUT2D eigenvalue weighted by Crippen LogP contribution is 2.27. The lowest BCUT2D eigenvalue weighted by molar-refractivity contribution is 0.102. The molecule has 0 aliphatic rings. The fourth-order valence-corrected chi connectivity index (χ4v) is 3.06. The van der Waals surface area contributed by atoms with Gasteiger partial charge in [-0.05, 0) is 26.0 Å². The van der Waals surface area contributed by atoms with Gasteiger partial charge in [-0.1, -0.05) is 18.2 Å². The van der Waals surface area contributed by atoms with E-state index in [0.29, 0.717) is 11.3 Å². The Morgan fingerprint density at radius 1 is 1.00 bits per heavy atom. The van der Waals surface area contributed by atoms with Gasteiger partial charge in [0.15, 0.2) is 0 Å². The maximum absolute atomic E-state index is 13.1. The molecular formula is C20H20N6O. The van der Waals surface area contributed by atoms with Gasteiger partial charge in [-0.25, -0.2) is 4.98 Å². The van der Waals surface area contributed by atoms with E-state index in [9.17, 15) is 4.79 Å². The molecule has 0 aliphatic heterocycles. The lowest BCUT2D eigenvalue weighted by Crippen LogP contribution is -2.13. The van der Waals surface area contributed by atoms with Gasteiger partial charge in [0.25, 0.3) is 5.91 Å². The number of hydrogen-bond donors (Lipinski definition) is 1. The van der Waals surface area contributed by atoms with E-state index in [1.165, 1.54) is 0 Å². The van der Waals surface area contributed by atoms with Crippen LogP contribution in [-0.2, 0) is 14.1 Å². The predicted molar refractivity (Wildman–Crippen MR) is 105 cm³/mol. The van der Waals surface area contributed by atoms with Crippen LogP contribution in [0.5, 0.6) is 0 Å². The van der Waals surface area contributed by atoms with E-state index in [4.69, 9.17) is 4.98 Å². The summed E-state index contributed by atoms with van der Waals surface area (Å²) in [6.45, 7) is 3.90. The molecule has 3 heterocycles. The third-order valence-corrected chi connectivity index (χ3v) is 4.96. The lowest BCUT2D eigenvalue weighted by Gasteiger charge is -2.10. The highest BCUT2D eigenvalue weighted by atomic mass is 16.1. The molecule has 0 aliphatic carbocycles. The Kier molecular flexibility index (Phi) is 3.99. The number of fused-ring (bicyclic) bond motifs is 1. The molecule has 27 heavy (non-hydrogen) atoms. The fourth-order valence-electron chi connectivity index (χ4n) is 3.06. The molecule has 1 N–H and O–H groups in total. The van der Waals surface area contributed by atoms with E-state index in [2.05, 4.69) is 15.5 Å². The van der Waals surface area contributed by atoms with Gasteiger partial charge in [0.2, 0.25) is 0 Å². The first-order valence-corrected chi connectivity index (χ1v) is 8.64. The molecule has 4 rings (SSSR count). The third-order valence-electron chi connectivity index (χ3n) is 4.96. The highest BCUT2D eigenvalue weighted by molar-refractivity contribution is 6.13. The number of aromatic nitrogens is 5. The number of hydrogen-bond acceptors (Lipinski definition) is 4. The van der Waals surface area contributed by atoms with Crippen LogP contribution >= 0.6 is 0 Å². The summed E-state index contributed by atoms with van der Waals surface area (Å²) in [5.41, 5.74) is 5.57. The minimum absolute atomic E-state index is 0.188. The number of nitrogens with one attached hydrogen (secondary N) is 1. The van der Waals surface area contributed by atoms with Crippen LogP contribution in [0, 0.1) is 13.8 Å². The van der Waals surface area contributed by atoms with Crippen molar-refractivity contribution >= 4 is 22.5 Å². The topological polar surface area (TPSA) is 77.6 Å². The number of nitrogens with zero attached hydrogens (tertiary/aromatic N) is 5. The molecule has 0 bridgehead atoms. The van der Waals surface area contributed by atoms with Crippen molar-refractivity contribution in [1.29, 1.82) is 0 Å². The zero-order valence-corrected chi connectivity index (χ0v) is 15.7. The van der Waals surface area contributed by atoms with Crippen molar-refractivity contribution in [2.45, 2.75) is 13.8 Å². The second kappa shape index (κ2) is 6.35. The number of rotatable bonds is 3. The molecule has 0 unspecified atom stereocenters. The Bertz CT molecular complexity index is 1170. The standard InChI is InChI=1S/C20H20N6O/c1-12-16(10-21-25(12)3)18-9-15(14-7-5-6-8-17(14)23-18)20(27)24-19-11-22-26(4)13(19)2/h5-11H,1-4H3,(H,24,27). The largest absolute Gasteiger partial charge is 0.319 e. The van der Waals surface area contributed by atoms with Crippen LogP contribution in [0.3, 0.4) is 0 Å². The zero-order valence-electron chi connectivity index (χ0n) is 15.7. The first-order valence-electron chi connectivity index (χ1n) is 8.64. The van der Waals surface area contributed by atoms with Gasteiger partial charge in [-0.15, -0.1) is 0 Å². The van der Waals surface area contributed by atoms with Gasteiger partial charge < -0.3 is 5.32 Å². The van der Waals surface area contributed by atoms with Crippen LogP contribution < -0.4 is 5.32 Å². The van der Waals surface area contributed by atoms with E-state index in [-0.39, 0.29) is 5.91 Å². The monoisotopic (exact) mass is 360 g/mol. The van der Waals surface area contributed by atoms with Crippen LogP contribution in [0.15, 0.2) is 42.7 Å². The molecule has 136 valence electrons. The van der Waals surface area contributed by atoms with Gasteiger partial charge in [-0.3, -0.25) is 14.2 Å². The minimum atomic E-state index is -0.188. The third kappa shape index (κ3) is 2.87. The number of para-hydroxylation sites is 1. The van der Waals surface area contributed by atoms with Gasteiger partial charge in [0.05, 0.1) is 40.5 Å². The van der Waals surface area contributed by atoms with Crippen molar-refractivity contribution in [3.8, 4) is 11.3 Å². The smallest absolute Gasteiger partial charge is 0.256 e. The number of benzene rings is 1.